The summed E-state index contributed by atoms with van der Waals surface area (Å²) < 4.78 is 19.6. The smallest absolute Gasteiger partial charge is 0.256 e. The van der Waals surface area contributed by atoms with Gasteiger partial charge in [0.15, 0.2) is 5.78 Å². The zero-order valence-electron chi connectivity index (χ0n) is 19.1. The lowest BCUT2D eigenvalue weighted by Gasteiger charge is -2.22. The predicted octanol–water partition coefficient (Wildman–Crippen LogP) is 6.03. The molecule has 1 N–H and O–H groups in total. The summed E-state index contributed by atoms with van der Waals surface area (Å²) in [5, 5.41) is 2.73. The van der Waals surface area contributed by atoms with E-state index in [1.54, 1.807) is 18.2 Å². The monoisotopic (exact) mass is 458 g/mol. The van der Waals surface area contributed by atoms with Gasteiger partial charge in [-0.15, -0.1) is 0 Å². The second-order valence-corrected chi connectivity index (χ2v) is 8.87. The lowest BCUT2D eigenvalue weighted by atomic mass is 10.0. The summed E-state index contributed by atoms with van der Waals surface area (Å²) >= 11 is 0. The quantitative estimate of drug-likeness (QED) is 0.347. The SMILES string of the molecule is CCN1CCCC1CCC(=O)c1ccc(-c2ccc(/C=C3/C(=O)Nc4ccc(F)cc43)o2)cc1. The lowest BCUT2D eigenvalue weighted by Crippen LogP contribution is -2.29. The Bertz CT molecular complexity index is 1260. The van der Waals surface area contributed by atoms with Gasteiger partial charge in [-0.2, -0.15) is 0 Å². The van der Waals surface area contributed by atoms with Crippen LogP contribution < -0.4 is 5.32 Å². The maximum atomic E-state index is 13.7. The Morgan fingerprint density at radius 2 is 2.00 bits per heavy atom. The molecule has 1 amide bonds. The molecule has 1 fully saturated rings. The van der Waals surface area contributed by atoms with Crippen LogP contribution >= 0.6 is 0 Å². The first-order valence-electron chi connectivity index (χ1n) is 11.8. The molecule has 6 heteroatoms. The van der Waals surface area contributed by atoms with Gasteiger partial charge in [0.2, 0.25) is 0 Å². The Morgan fingerprint density at radius 3 is 2.79 bits per heavy atom. The van der Waals surface area contributed by atoms with Gasteiger partial charge in [0.25, 0.3) is 5.91 Å². The molecule has 0 bridgehead atoms. The normalized spacial score (nSPS) is 18.9. The predicted molar refractivity (Wildman–Crippen MR) is 131 cm³/mol. The number of ketones is 1. The number of nitrogens with one attached hydrogen (secondary N) is 1. The molecule has 1 saturated heterocycles. The van der Waals surface area contributed by atoms with Crippen molar-refractivity contribution in [1.29, 1.82) is 0 Å². The first-order valence-corrected chi connectivity index (χ1v) is 11.8. The molecular weight excluding hydrogens is 431 g/mol. The van der Waals surface area contributed by atoms with Crippen LogP contribution in [0.15, 0.2) is 59.0 Å². The highest BCUT2D eigenvalue weighted by atomic mass is 19.1. The summed E-state index contributed by atoms with van der Waals surface area (Å²) in [7, 11) is 0. The lowest BCUT2D eigenvalue weighted by molar-refractivity contribution is -0.110. The highest BCUT2D eigenvalue weighted by molar-refractivity contribution is 6.34. The molecule has 0 aliphatic carbocycles. The summed E-state index contributed by atoms with van der Waals surface area (Å²) in [6.07, 6.45) is 5.48. The Morgan fingerprint density at radius 1 is 1.18 bits per heavy atom. The van der Waals surface area contributed by atoms with Gasteiger partial charge in [-0.05, 0) is 68.8 Å². The Balaban J connectivity index is 1.27. The van der Waals surface area contributed by atoms with Crippen molar-refractivity contribution < 1.29 is 18.4 Å². The number of likely N-dealkylation sites (tertiary alicyclic amines) is 1. The molecule has 2 aliphatic heterocycles. The Labute approximate surface area is 198 Å². The molecular formula is C28H27FN2O3. The summed E-state index contributed by atoms with van der Waals surface area (Å²) in [4.78, 5) is 27.5. The van der Waals surface area contributed by atoms with E-state index in [0.29, 0.717) is 46.4 Å². The number of anilines is 1. The van der Waals surface area contributed by atoms with E-state index in [9.17, 15) is 14.0 Å². The highest BCUT2D eigenvalue weighted by Crippen LogP contribution is 2.34. The molecule has 1 atom stereocenters. The van der Waals surface area contributed by atoms with Gasteiger partial charge in [0, 0.05) is 34.8 Å². The number of carbonyl (C=O) groups is 2. The van der Waals surface area contributed by atoms with Crippen LogP contribution in [0.1, 0.15) is 54.3 Å². The van der Waals surface area contributed by atoms with Crippen LogP contribution in [0.2, 0.25) is 0 Å². The third-order valence-corrected chi connectivity index (χ3v) is 6.78. The first kappa shape index (κ1) is 22.3. The average Bonchev–Trinajstić information content (AvgIpc) is 3.57. The van der Waals surface area contributed by atoms with E-state index in [4.69, 9.17) is 4.42 Å². The summed E-state index contributed by atoms with van der Waals surface area (Å²) in [5.74, 6) is 0.600. The van der Waals surface area contributed by atoms with Gasteiger partial charge in [-0.25, -0.2) is 4.39 Å². The molecule has 3 heterocycles. The van der Waals surface area contributed by atoms with Crippen molar-refractivity contribution in [2.45, 2.75) is 38.6 Å². The minimum atomic E-state index is -0.401. The number of fused-ring (bicyclic) bond motifs is 1. The molecule has 2 aliphatic rings. The zero-order valence-corrected chi connectivity index (χ0v) is 19.1. The fraction of sp³-hybridized carbons (Fsp3) is 0.286. The van der Waals surface area contributed by atoms with E-state index in [2.05, 4.69) is 17.1 Å². The van der Waals surface area contributed by atoms with Crippen LogP contribution in [-0.2, 0) is 4.79 Å². The average molecular weight is 459 g/mol. The van der Waals surface area contributed by atoms with Crippen LogP contribution in [0, 0.1) is 5.82 Å². The standard InChI is InChI=1S/C28H27FN2O3/c1-2-31-15-3-4-21(31)10-13-26(32)18-5-7-19(8-6-18)27-14-11-22(34-27)17-24-23-16-20(29)9-12-25(23)30-28(24)33/h5-9,11-12,14,16-17,21H,2-4,10,13,15H2,1H3,(H,30,33)/b24-17+. The van der Waals surface area contributed by atoms with E-state index in [0.717, 1.165) is 25.1 Å². The number of halogens is 1. The second-order valence-electron chi connectivity index (χ2n) is 8.87. The van der Waals surface area contributed by atoms with Crippen molar-refractivity contribution in [3.63, 3.8) is 0 Å². The second kappa shape index (κ2) is 9.39. The number of nitrogens with zero attached hydrogens (tertiary/aromatic N) is 1. The van der Waals surface area contributed by atoms with E-state index in [-0.39, 0.29) is 11.7 Å². The summed E-state index contributed by atoms with van der Waals surface area (Å²) in [5.41, 5.74) is 3.02. The minimum Gasteiger partial charge on any atom is -0.457 e. The number of hydrogen-bond acceptors (Lipinski definition) is 4. The van der Waals surface area contributed by atoms with E-state index in [1.807, 2.05) is 30.3 Å². The Hall–Kier alpha value is -3.51. The fourth-order valence-electron chi connectivity index (χ4n) is 4.93. The van der Waals surface area contributed by atoms with Crippen molar-refractivity contribution in [3.05, 3.63) is 77.3 Å². The van der Waals surface area contributed by atoms with Crippen LogP contribution in [0.4, 0.5) is 10.1 Å². The van der Waals surface area contributed by atoms with E-state index < -0.39 is 5.82 Å². The topological polar surface area (TPSA) is 62.6 Å². The van der Waals surface area contributed by atoms with Crippen molar-refractivity contribution >= 4 is 29.0 Å². The van der Waals surface area contributed by atoms with Crippen molar-refractivity contribution in [2.24, 2.45) is 0 Å². The third-order valence-electron chi connectivity index (χ3n) is 6.78. The van der Waals surface area contributed by atoms with E-state index in [1.165, 1.54) is 25.0 Å². The minimum absolute atomic E-state index is 0.164. The third kappa shape index (κ3) is 4.46. The van der Waals surface area contributed by atoms with Crippen molar-refractivity contribution in [3.8, 4) is 11.3 Å². The van der Waals surface area contributed by atoms with Crippen LogP contribution in [0.3, 0.4) is 0 Å². The largest absolute Gasteiger partial charge is 0.457 e. The number of benzene rings is 2. The molecule has 174 valence electrons. The van der Waals surface area contributed by atoms with Gasteiger partial charge < -0.3 is 14.6 Å². The summed E-state index contributed by atoms with van der Waals surface area (Å²) in [6, 6.07) is 15.8. The van der Waals surface area contributed by atoms with Crippen LogP contribution in [0.5, 0.6) is 0 Å². The molecule has 34 heavy (non-hydrogen) atoms. The molecule has 0 saturated carbocycles. The number of hydrogen-bond donors (Lipinski definition) is 1. The molecule has 1 aromatic heterocycles. The van der Waals surface area contributed by atoms with Crippen LogP contribution in [0.25, 0.3) is 23.0 Å². The van der Waals surface area contributed by atoms with Gasteiger partial charge in [-0.3, -0.25) is 9.59 Å². The van der Waals surface area contributed by atoms with Gasteiger partial charge in [-0.1, -0.05) is 31.2 Å². The first-order chi connectivity index (χ1) is 16.5. The number of carbonyl (C=O) groups excluding carboxylic acids is 2. The zero-order chi connectivity index (χ0) is 23.7. The van der Waals surface area contributed by atoms with Gasteiger partial charge >= 0.3 is 0 Å². The number of Topliss-reactive ketones (excluding diaryl/α,β-unsaturated/α-hetero) is 1. The van der Waals surface area contributed by atoms with Gasteiger partial charge in [0.1, 0.15) is 17.3 Å². The maximum absolute atomic E-state index is 13.7. The number of rotatable bonds is 7. The van der Waals surface area contributed by atoms with Crippen molar-refractivity contribution in [1.82, 2.24) is 4.90 Å². The number of furan rings is 1. The molecule has 0 spiro atoms. The molecule has 3 aromatic rings. The summed E-state index contributed by atoms with van der Waals surface area (Å²) in [6.45, 7) is 4.36. The van der Waals surface area contributed by atoms with Gasteiger partial charge in [0.05, 0.1) is 5.57 Å². The van der Waals surface area contributed by atoms with Crippen molar-refractivity contribution in [2.75, 3.05) is 18.4 Å². The Kier molecular flexibility index (Phi) is 6.16. The molecule has 1 unspecified atom stereocenters. The molecule has 0 radical (unpaired) electrons. The highest BCUT2D eigenvalue weighted by Gasteiger charge is 2.25. The fourth-order valence-corrected chi connectivity index (χ4v) is 4.93. The molecule has 5 rings (SSSR count). The van der Waals surface area contributed by atoms with E-state index >= 15 is 0 Å². The van der Waals surface area contributed by atoms with Crippen LogP contribution in [-0.4, -0.2) is 35.7 Å². The molecule has 5 nitrogen and oxygen atoms in total. The molecule has 2 aromatic carbocycles. The maximum Gasteiger partial charge on any atom is 0.256 e. The number of amides is 1.